The van der Waals surface area contributed by atoms with Crippen LogP contribution in [0, 0.1) is 0 Å². The van der Waals surface area contributed by atoms with Crippen LogP contribution in [0.15, 0.2) is 53.0 Å². The fourth-order valence-corrected chi connectivity index (χ4v) is 2.04. The van der Waals surface area contributed by atoms with Crippen molar-refractivity contribution in [2.75, 3.05) is 18.1 Å². The molecule has 0 heterocycles. The van der Waals surface area contributed by atoms with Gasteiger partial charge in [-0.1, -0.05) is 34.1 Å². The third kappa shape index (κ3) is 3.99. The fraction of sp³-hybridized carbons (Fsp3) is 0.133. The summed E-state index contributed by atoms with van der Waals surface area (Å²) in [4.78, 5) is 13.7. The Bertz CT molecular complexity index is 598. The van der Waals surface area contributed by atoms with E-state index in [0.29, 0.717) is 17.9 Å². The van der Waals surface area contributed by atoms with E-state index >= 15 is 0 Å². The van der Waals surface area contributed by atoms with E-state index in [1.165, 1.54) is 0 Å². The van der Waals surface area contributed by atoms with Crippen LogP contribution in [0.25, 0.3) is 0 Å². The number of anilines is 2. The first-order valence-electron chi connectivity index (χ1n) is 6.17. The van der Waals surface area contributed by atoms with Crippen molar-refractivity contribution in [1.82, 2.24) is 4.90 Å². The molecule has 2 rings (SSSR count). The van der Waals surface area contributed by atoms with E-state index < -0.39 is 0 Å². The number of nitrogen functional groups attached to an aromatic ring is 1. The Hall–Kier alpha value is -2.01. The molecule has 20 heavy (non-hydrogen) atoms. The maximum Gasteiger partial charge on any atom is 0.321 e. The molecule has 0 saturated heterocycles. The summed E-state index contributed by atoms with van der Waals surface area (Å²) in [6.45, 7) is 0.543. The Kier molecular flexibility index (Phi) is 4.63. The minimum absolute atomic E-state index is 0.168. The number of rotatable bonds is 3. The molecule has 2 aromatic carbocycles. The van der Waals surface area contributed by atoms with Crippen LogP contribution in [0.1, 0.15) is 5.56 Å². The molecule has 2 aromatic rings. The van der Waals surface area contributed by atoms with Crippen LogP contribution in [0.3, 0.4) is 0 Å². The van der Waals surface area contributed by atoms with Crippen molar-refractivity contribution in [1.29, 1.82) is 0 Å². The van der Waals surface area contributed by atoms with Gasteiger partial charge in [-0.15, -0.1) is 0 Å². The summed E-state index contributed by atoms with van der Waals surface area (Å²) >= 11 is 3.39. The van der Waals surface area contributed by atoms with Gasteiger partial charge in [0, 0.05) is 29.4 Å². The standard InChI is InChI=1S/C15H16BrN3O/c1-19(10-11-5-7-12(16)8-6-11)15(20)18-14-4-2-3-13(17)9-14/h2-9H,10,17H2,1H3,(H,18,20). The summed E-state index contributed by atoms with van der Waals surface area (Å²) in [5.41, 5.74) is 8.06. The minimum Gasteiger partial charge on any atom is -0.399 e. The Balaban J connectivity index is 1.96. The smallest absolute Gasteiger partial charge is 0.321 e. The monoisotopic (exact) mass is 333 g/mol. The molecule has 0 saturated carbocycles. The number of hydrogen-bond acceptors (Lipinski definition) is 2. The van der Waals surface area contributed by atoms with E-state index in [1.54, 1.807) is 30.1 Å². The number of benzene rings is 2. The van der Waals surface area contributed by atoms with Gasteiger partial charge >= 0.3 is 6.03 Å². The molecule has 0 bridgehead atoms. The summed E-state index contributed by atoms with van der Waals surface area (Å²) in [6.07, 6.45) is 0. The van der Waals surface area contributed by atoms with Gasteiger partial charge < -0.3 is 16.0 Å². The lowest BCUT2D eigenvalue weighted by molar-refractivity contribution is 0.220. The van der Waals surface area contributed by atoms with Gasteiger partial charge in [-0.2, -0.15) is 0 Å². The molecule has 104 valence electrons. The second-order valence-corrected chi connectivity index (χ2v) is 5.45. The molecule has 0 atom stereocenters. The number of urea groups is 1. The number of hydrogen-bond donors (Lipinski definition) is 2. The molecule has 0 aliphatic rings. The van der Waals surface area contributed by atoms with Gasteiger partial charge in [0.1, 0.15) is 0 Å². The summed E-state index contributed by atoms with van der Waals surface area (Å²) in [5, 5.41) is 2.81. The Morgan fingerprint density at radius 3 is 2.60 bits per heavy atom. The average Bonchev–Trinajstić information content (AvgIpc) is 2.41. The molecular formula is C15H16BrN3O. The number of amides is 2. The second kappa shape index (κ2) is 6.43. The van der Waals surface area contributed by atoms with Gasteiger partial charge in [0.05, 0.1) is 0 Å². The average molecular weight is 334 g/mol. The van der Waals surface area contributed by atoms with Gasteiger partial charge in [0.15, 0.2) is 0 Å². The van der Waals surface area contributed by atoms with Crippen molar-refractivity contribution < 1.29 is 4.79 Å². The number of nitrogens with one attached hydrogen (secondary N) is 1. The molecule has 5 heteroatoms. The highest BCUT2D eigenvalue weighted by Gasteiger charge is 2.09. The Labute approximate surface area is 126 Å². The molecule has 0 fully saturated rings. The van der Waals surface area contributed by atoms with Crippen molar-refractivity contribution in [3.63, 3.8) is 0 Å². The molecule has 0 spiro atoms. The van der Waals surface area contributed by atoms with Gasteiger partial charge in [-0.25, -0.2) is 4.79 Å². The van der Waals surface area contributed by atoms with E-state index in [9.17, 15) is 4.79 Å². The van der Waals surface area contributed by atoms with Crippen molar-refractivity contribution >= 4 is 33.3 Å². The molecular weight excluding hydrogens is 318 g/mol. The SMILES string of the molecule is CN(Cc1ccc(Br)cc1)C(=O)Nc1cccc(N)c1. The molecule has 0 aliphatic carbocycles. The van der Waals surface area contributed by atoms with E-state index in [4.69, 9.17) is 5.73 Å². The van der Waals surface area contributed by atoms with Gasteiger partial charge in [0.25, 0.3) is 0 Å². The summed E-state index contributed by atoms with van der Waals surface area (Å²) in [7, 11) is 1.75. The maximum absolute atomic E-state index is 12.1. The zero-order chi connectivity index (χ0) is 14.5. The molecule has 3 N–H and O–H groups in total. The third-order valence-corrected chi connectivity index (χ3v) is 3.35. The number of halogens is 1. The van der Waals surface area contributed by atoms with Crippen molar-refractivity contribution in [3.05, 3.63) is 58.6 Å². The normalized spacial score (nSPS) is 10.1. The van der Waals surface area contributed by atoms with E-state index in [0.717, 1.165) is 10.0 Å². The highest BCUT2D eigenvalue weighted by Crippen LogP contribution is 2.14. The minimum atomic E-state index is -0.168. The van der Waals surface area contributed by atoms with Crippen LogP contribution in [-0.4, -0.2) is 18.0 Å². The first kappa shape index (κ1) is 14.4. The van der Waals surface area contributed by atoms with Gasteiger partial charge in [-0.05, 0) is 35.9 Å². The number of nitrogens with zero attached hydrogens (tertiary/aromatic N) is 1. The summed E-state index contributed by atoms with van der Waals surface area (Å²) < 4.78 is 1.02. The molecule has 0 aliphatic heterocycles. The van der Waals surface area contributed by atoms with Crippen LogP contribution >= 0.6 is 15.9 Å². The van der Waals surface area contributed by atoms with Gasteiger partial charge in [-0.3, -0.25) is 0 Å². The molecule has 0 aromatic heterocycles. The molecule has 2 amide bonds. The predicted molar refractivity (Wildman–Crippen MR) is 85.5 cm³/mol. The third-order valence-electron chi connectivity index (χ3n) is 2.82. The van der Waals surface area contributed by atoms with E-state index in [2.05, 4.69) is 21.2 Å². The predicted octanol–water partition coefficient (Wildman–Crippen LogP) is 3.70. The van der Waals surface area contributed by atoms with Crippen LogP contribution in [0.5, 0.6) is 0 Å². The van der Waals surface area contributed by atoms with Crippen molar-refractivity contribution in [2.24, 2.45) is 0 Å². The Morgan fingerprint density at radius 1 is 1.25 bits per heavy atom. The second-order valence-electron chi connectivity index (χ2n) is 4.54. The first-order chi connectivity index (χ1) is 9.54. The lowest BCUT2D eigenvalue weighted by Crippen LogP contribution is -2.30. The lowest BCUT2D eigenvalue weighted by atomic mass is 10.2. The highest BCUT2D eigenvalue weighted by atomic mass is 79.9. The van der Waals surface area contributed by atoms with Crippen LogP contribution < -0.4 is 11.1 Å². The van der Waals surface area contributed by atoms with Crippen LogP contribution in [-0.2, 0) is 6.54 Å². The quantitative estimate of drug-likeness (QED) is 0.841. The molecule has 0 unspecified atom stereocenters. The number of carbonyl (C=O) groups excluding carboxylic acids is 1. The topological polar surface area (TPSA) is 58.4 Å². The van der Waals surface area contributed by atoms with E-state index in [-0.39, 0.29) is 6.03 Å². The summed E-state index contributed by atoms with van der Waals surface area (Å²) in [6, 6.07) is 14.8. The van der Waals surface area contributed by atoms with Gasteiger partial charge in [0.2, 0.25) is 0 Å². The maximum atomic E-state index is 12.1. The molecule has 0 radical (unpaired) electrons. The first-order valence-corrected chi connectivity index (χ1v) is 6.96. The number of carbonyl (C=O) groups is 1. The fourth-order valence-electron chi connectivity index (χ4n) is 1.77. The van der Waals surface area contributed by atoms with Crippen LogP contribution in [0.2, 0.25) is 0 Å². The highest BCUT2D eigenvalue weighted by molar-refractivity contribution is 9.10. The Morgan fingerprint density at radius 2 is 1.95 bits per heavy atom. The number of nitrogens with two attached hydrogens (primary N) is 1. The summed E-state index contributed by atoms with van der Waals surface area (Å²) in [5.74, 6) is 0. The van der Waals surface area contributed by atoms with Crippen molar-refractivity contribution in [2.45, 2.75) is 6.54 Å². The largest absolute Gasteiger partial charge is 0.399 e. The van der Waals surface area contributed by atoms with Crippen molar-refractivity contribution in [3.8, 4) is 0 Å². The van der Waals surface area contributed by atoms with E-state index in [1.807, 2.05) is 30.3 Å². The lowest BCUT2D eigenvalue weighted by Gasteiger charge is -2.18. The molecule has 4 nitrogen and oxygen atoms in total. The zero-order valence-corrected chi connectivity index (χ0v) is 12.7. The van der Waals surface area contributed by atoms with Crippen LogP contribution in [0.4, 0.5) is 16.2 Å². The zero-order valence-electron chi connectivity index (χ0n) is 11.1.